The van der Waals surface area contributed by atoms with Crippen LogP contribution in [0.25, 0.3) is 0 Å². The molecule has 2 rings (SSSR count). The minimum atomic E-state index is -0.497. The van der Waals surface area contributed by atoms with Crippen molar-refractivity contribution in [2.75, 3.05) is 6.61 Å². The molecule has 0 aliphatic heterocycles. The number of esters is 1. The molecule has 0 bridgehead atoms. The van der Waals surface area contributed by atoms with Crippen LogP contribution < -0.4 is 0 Å². The lowest BCUT2D eigenvalue weighted by Crippen LogP contribution is -2.13. The standard InChI is InChI=1S/C12H13Cl2NO2/c1-2-17-12(16)9-10(13)7-5-3-4-6-8(7)15-11(9)14/h2-6H2,1H3. The lowest BCUT2D eigenvalue weighted by molar-refractivity contribution is 0.0526. The first-order valence-electron chi connectivity index (χ1n) is 5.69. The summed E-state index contributed by atoms with van der Waals surface area (Å²) >= 11 is 12.2. The van der Waals surface area contributed by atoms with Gasteiger partial charge in [-0.1, -0.05) is 23.2 Å². The monoisotopic (exact) mass is 273 g/mol. The van der Waals surface area contributed by atoms with E-state index in [0.717, 1.165) is 36.9 Å². The zero-order chi connectivity index (χ0) is 12.4. The maximum atomic E-state index is 11.7. The third-order valence-electron chi connectivity index (χ3n) is 2.84. The second-order valence-electron chi connectivity index (χ2n) is 3.94. The number of aromatic nitrogens is 1. The van der Waals surface area contributed by atoms with Crippen molar-refractivity contribution in [3.05, 3.63) is 27.0 Å². The Labute approximate surface area is 110 Å². The number of hydrogen-bond donors (Lipinski definition) is 0. The molecule has 0 atom stereocenters. The largest absolute Gasteiger partial charge is 0.462 e. The highest BCUT2D eigenvalue weighted by Crippen LogP contribution is 2.33. The first kappa shape index (κ1) is 12.7. The quantitative estimate of drug-likeness (QED) is 0.612. The molecule has 1 aromatic heterocycles. The topological polar surface area (TPSA) is 39.2 Å². The molecule has 1 heterocycles. The van der Waals surface area contributed by atoms with Crippen molar-refractivity contribution in [2.45, 2.75) is 32.6 Å². The Morgan fingerprint density at radius 1 is 1.35 bits per heavy atom. The van der Waals surface area contributed by atoms with Crippen LogP contribution in [-0.4, -0.2) is 17.6 Å². The first-order chi connectivity index (χ1) is 8.15. The zero-order valence-corrected chi connectivity index (χ0v) is 11.1. The van der Waals surface area contributed by atoms with E-state index in [4.69, 9.17) is 27.9 Å². The van der Waals surface area contributed by atoms with Crippen molar-refractivity contribution in [2.24, 2.45) is 0 Å². The number of aryl methyl sites for hydroxylation is 1. The molecule has 5 heteroatoms. The van der Waals surface area contributed by atoms with Crippen LogP contribution in [0, 0.1) is 0 Å². The van der Waals surface area contributed by atoms with Gasteiger partial charge in [0.05, 0.1) is 11.6 Å². The van der Waals surface area contributed by atoms with Gasteiger partial charge in [0, 0.05) is 5.69 Å². The Morgan fingerprint density at radius 3 is 2.76 bits per heavy atom. The lowest BCUT2D eigenvalue weighted by atomic mass is 9.95. The highest BCUT2D eigenvalue weighted by Gasteiger charge is 2.24. The first-order valence-corrected chi connectivity index (χ1v) is 6.44. The van der Waals surface area contributed by atoms with E-state index in [0.29, 0.717) is 11.6 Å². The second kappa shape index (κ2) is 5.23. The number of halogens is 2. The summed E-state index contributed by atoms with van der Waals surface area (Å²) in [7, 11) is 0. The van der Waals surface area contributed by atoms with Gasteiger partial charge in [-0.25, -0.2) is 9.78 Å². The number of carbonyl (C=O) groups excluding carboxylic acids is 1. The van der Waals surface area contributed by atoms with Crippen LogP contribution in [-0.2, 0) is 17.6 Å². The average molecular weight is 274 g/mol. The molecular formula is C12H13Cl2NO2. The van der Waals surface area contributed by atoms with E-state index in [1.807, 2.05) is 0 Å². The molecule has 1 aliphatic carbocycles. The van der Waals surface area contributed by atoms with E-state index < -0.39 is 5.97 Å². The molecule has 0 amide bonds. The molecule has 3 nitrogen and oxygen atoms in total. The van der Waals surface area contributed by atoms with Gasteiger partial charge in [-0.05, 0) is 38.2 Å². The number of ether oxygens (including phenoxy) is 1. The number of rotatable bonds is 2. The van der Waals surface area contributed by atoms with E-state index in [9.17, 15) is 4.79 Å². The number of nitrogens with zero attached hydrogens (tertiary/aromatic N) is 1. The number of fused-ring (bicyclic) bond motifs is 1. The smallest absolute Gasteiger partial charge is 0.342 e. The highest BCUT2D eigenvalue weighted by molar-refractivity contribution is 6.39. The van der Waals surface area contributed by atoms with Gasteiger partial charge in [-0.2, -0.15) is 0 Å². The fourth-order valence-electron chi connectivity index (χ4n) is 2.04. The number of pyridine rings is 1. The van der Waals surface area contributed by atoms with Gasteiger partial charge in [0.1, 0.15) is 10.7 Å². The third-order valence-corrected chi connectivity index (χ3v) is 3.53. The van der Waals surface area contributed by atoms with Gasteiger partial charge in [-0.3, -0.25) is 0 Å². The molecule has 17 heavy (non-hydrogen) atoms. The minimum Gasteiger partial charge on any atom is -0.462 e. The lowest BCUT2D eigenvalue weighted by Gasteiger charge is -2.18. The van der Waals surface area contributed by atoms with Gasteiger partial charge in [0.2, 0.25) is 0 Å². The summed E-state index contributed by atoms with van der Waals surface area (Å²) in [5.74, 6) is -0.497. The molecule has 0 fully saturated rings. The number of hydrogen-bond acceptors (Lipinski definition) is 3. The van der Waals surface area contributed by atoms with Crippen LogP contribution in [0.15, 0.2) is 0 Å². The van der Waals surface area contributed by atoms with E-state index in [-0.39, 0.29) is 10.7 Å². The molecular weight excluding hydrogens is 261 g/mol. The molecule has 0 N–H and O–H groups in total. The van der Waals surface area contributed by atoms with Crippen molar-refractivity contribution in [3.8, 4) is 0 Å². The molecule has 1 aromatic rings. The zero-order valence-electron chi connectivity index (χ0n) is 9.56. The van der Waals surface area contributed by atoms with Gasteiger partial charge >= 0.3 is 5.97 Å². The second-order valence-corrected chi connectivity index (χ2v) is 4.68. The van der Waals surface area contributed by atoms with Crippen molar-refractivity contribution in [3.63, 3.8) is 0 Å². The molecule has 0 saturated carbocycles. The van der Waals surface area contributed by atoms with E-state index in [1.54, 1.807) is 6.92 Å². The summed E-state index contributed by atoms with van der Waals surface area (Å²) < 4.78 is 4.93. The molecule has 1 aliphatic rings. The SMILES string of the molecule is CCOC(=O)c1c(Cl)nc2c(c1Cl)CCCC2. The molecule has 0 aromatic carbocycles. The fraction of sp³-hybridized carbons (Fsp3) is 0.500. The molecule has 0 spiro atoms. The van der Waals surface area contributed by atoms with E-state index in [1.165, 1.54) is 0 Å². The minimum absolute atomic E-state index is 0.147. The van der Waals surface area contributed by atoms with Crippen LogP contribution in [0.2, 0.25) is 10.2 Å². The Hall–Kier alpha value is -0.800. The van der Waals surface area contributed by atoms with Crippen LogP contribution in [0.1, 0.15) is 41.4 Å². The summed E-state index contributed by atoms with van der Waals surface area (Å²) in [6, 6.07) is 0. The van der Waals surface area contributed by atoms with Gasteiger partial charge in [-0.15, -0.1) is 0 Å². The maximum Gasteiger partial charge on any atom is 0.342 e. The predicted octanol–water partition coefficient (Wildman–Crippen LogP) is 3.44. The molecule has 92 valence electrons. The van der Waals surface area contributed by atoms with Crippen LogP contribution in [0.3, 0.4) is 0 Å². The average Bonchev–Trinajstić information content (AvgIpc) is 2.29. The predicted molar refractivity (Wildman–Crippen MR) is 66.9 cm³/mol. The third kappa shape index (κ3) is 2.40. The summed E-state index contributed by atoms with van der Waals surface area (Å²) in [6.45, 7) is 2.04. The van der Waals surface area contributed by atoms with Gasteiger partial charge in [0.15, 0.2) is 0 Å². The molecule has 0 radical (unpaired) electrons. The summed E-state index contributed by atoms with van der Waals surface area (Å²) in [4.78, 5) is 16.0. The molecule has 0 unspecified atom stereocenters. The Bertz CT molecular complexity index is 460. The summed E-state index contributed by atoms with van der Waals surface area (Å²) in [5.41, 5.74) is 2.07. The maximum absolute atomic E-state index is 11.7. The summed E-state index contributed by atoms with van der Waals surface area (Å²) in [5, 5.41) is 0.562. The highest BCUT2D eigenvalue weighted by atomic mass is 35.5. The fourth-order valence-corrected chi connectivity index (χ4v) is 2.73. The Kier molecular flexibility index (Phi) is 3.89. The van der Waals surface area contributed by atoms with Gasteiger partial charge < -0.3 is 4.74 Å². The van der Waals surface area contributed by atoms with Crippen molar-refractivity contribution in [1.82, 2.24) is 4.98 Å². The van der Waals surface area contributed by atoms with E-state index >= 15 is 0 Å². The van der Waals surface area contributed by atoms with Crippen LogP contribution in [0.5, 0.6) is 0 Å². The normalized spacial score (nSPS) is 14.3. The van der Waals surface area contributed by atoms with Gasteiger partial charge in [0.25, 0.3) is 0 Å². The number of carbonyl (C=O) groups is 1. The van der Waals surface area contributed by atoms with Crippen molar-refractivity contribution in [1.29, 1.82) is 0 Å². The van der Waals surface area contributed by atoms with E-state index in [2.05, 4.69) is 4.98 Å². The molecule has 0 saturated heterocycles. The Morgan fingerprint density at radius 2 is 2.06 bits per heavy atom. The summed E-state index contributed by atoms with van der Waals surface area (Å²) in [6.07, 6.45) is 3.88. The van der Waals surface area contributed by atoms with Crippen LogP contribution >= 0.6 is 23.2 Å². The van der Waals surface area contributed by atoms with Crippen molar-refractivity contribution < 1.29 is 9.53 Å². The Balaban J connectivity index is 2.49. The van der Waals surface area contributed by atoms with Crippen molar-refractivity contribution >= 4 is 29.2 Å². The van der Waals surface area contributed by atoms with Crippen LogP contribution in [0.4, 0.5) is 0 Å².